The molecule has 0 aliphatic heterocycles. The van der Waals surface area contributed by atoms with Crippen LogP contribution in [-0.2, 0) is 17.9 Å². The first-order valence-corrected chi connectivity index (χ1v) is 4.60. The molecule has 4 heteroatoms. The zero-order chi connectivity index (χ0) is 9.84. The Kier molecular flexibility index (Phi) is 4.00. The van der Waals surface area contributed by atoms with E-state index in [2.05, 4.69) is 0 Å². The summed E-state index contributed by atoms with van der Waals surface area (Å²) in [4.78, 5) is 0. The van der Waals surface area contributed by atoms with Crippen LogP contribution < -0.4 is 5.73 Å². The lowest BCUT2D eigenvalue weighted by molar-refractivity contribution is 0.184. The predicted molar refractivity (Wildman–Crippen MR) is 55.1 cm³/mol. The molecule has 0 unspecified atom stereocenters. The zero-order valence-electron chi connectivity index (χ0n) is 7.31. The van der Waals surface area contributed by atoms with Gasteiger partial charge >= 0.3 is 0 Å². The molecular formula is C9H11Cl2NO. The standard InChI is InChI=1S/C9H11Cl2NO/c1-13-5-6-2-7(10)3-9(11)8(6)4-12/h2-3H,4-5,12H2,1H3. The number of halogens is 2. The summed E-state index contributed by atoms with van der Waals surface area (Å²) in [7, 11) is 1.62. The van der Waals surface area contributed by atoms with Crippen LogP contribution in [0.3, 0.4) is 0 Å². The Bertz CT molecular complexity index is 302. The van der Waals surface area contributed by atoms with Gasteiger partial charge < -0.3 is 10.5 Å². The topological polar surface area (TPSA) is 35.2 Å². The van der Waals surface area contributed by atoms with Gasteiger partial charge in [0.1, 0.15) is 0 Å². The predicted octanol–water partition coefficient (Wildman–Crippen LogP) is 2.60. The fourth-order valence-corrected chi connectivity index (χ4v) is 1.78. The molecule has 13 heavy (non-hydrogen) atoms. The highest BCUT2D eigenvalue weighted by Gasteiger charge is 2.06. The average molecular weight is 220 g/mol. The maximum Gasteiger partial charge on any atom is 0.0717 e. The van der Waals surface area contributed by atoms with E-state index in [1.54, 1.807) is 13.2 Å². The Morgan fingerprint density at radius 1 is 1.38 bits per heavy atom. The first kappa shape index (κ1) is 10.8. The fourth-order valence-electron chi connectivity index (χ4n) is 1.17. The monoisotopic (exact) mass is 219 g/mol. The highest BCUT2D eigenvalue weighted by molar-refractivity contribution is 6.35. The summed E-state index contributed by atoms with van der Waals surface area (Å²) in [6.45, 7) is 0.876. The molecule has 0 aliphatic carbocycles. The molecule has 0 saturated heterocycles. The lowest BCUT2D eigenvalue weighted by Crippen LogP contribution is -2.03. The van der Waals surface area contributed by atoms with E-state index in [1.165, 1.54) is 0 Å². The number of nitrogens with two attached hydrogens (primary N) is 1. The van der Waals surface area contributed by atoms with Gasteiger partial charge in [0.25, 0.3) is 0 Å². The number of ether oxygens (including phenoxy) is 1. The largest absolute Gasteiger partial charge is 0.380 e. The first-order valence-electron chi connectivity index (χ1n) is 3.84. The maximum absolute atomic E-state index is 5.95. The number of rotatable bonds is 3. The van der Waals surface area contributed by atoms with E-state index in [1.807, 2.05) is 6.07 Å². The number of methoxy groups -OCH3 is 1. The molecule has 0 heterocycles. The summed E-state index contributed by atoms with van der Waals surface area (Å²) in [6.07, 6.45) is 0. The van der Waals surface area contributed by atoms with Crippen molar-refractivity contribution in [2.24, 2.45) is 5.73 Å². The van der Waals surface area contributed by atoms with E-state index in [4.69, 9.17) is 33.7 Å². The van der Waals surface area contributed by atoms with E-state index in [0.717, 1.165) is 11.1 Å². The van der Waals surface area contributed by atoms with Gasteiger partial charge in [-0.15, -0.1) is 0 Å². The van der Waals surface area contributed by atoms with Crippen molar-refractivity contribution < 1.29 is 4.74 Å². The van der Waals surface area contributed by atoms with Crippen LogP contribution in [0.4, 0.5) is 0 Å². The molecule has 0 aliphatic rings. The molecule has 0 saturated carbocycles. The second-order valence-electron chi connectivity index (χ2n) is 2.66. The Morgan fingerprint density at radius 3 is 2.62 bits per heavy atom. The van der Waals surface area contributed by atoms with Crippen molar-refractivity contribution in [3.8, 4) is 0 Å². The second kappa shape index (κ2) is 4.82. The van der Waals surface area contributed by atoms with Crippen molar-refractivity contribution in [2.45, 2.75) is 13.2 Å². The quantitative estimate of drug-likeness (QED) is 0.849. The molecule has 1 rings (SSSR count). The van der Waals surface area contributed by atoms with E-state index >= 15 is 0 Å². The molecule has 0 amide bonds. The average Bonchev–Trinajstić information content (AvgIpc) is 2.04. The summed E-state index contributed by atoms with van der Waals surface area (Å²) in [5, 5.41) is 1.20. The number of benzene rings is 1. The van der Waals surface area contributed by atoms with Crippen molar-refractivity contribution in [1.82, 2.24) is 0 Å². The Labute approximate surface area is 87.6 Å². The van der Waals surface area contributed by atoms with Crippen LogP contribution >= 0.6 is 23.2 Å². The van der Waals surface area contributed by atoms with Gasteiger partial charge in [-0.05, 0) is 23.3 Å². The molecule has 2 nitrogen and oxygen atoms in total. The SMILES string of the molecule is COCc1cc(Cl)cc(Cl)c1CN. The highest BCUT2D eigenvalue weighted by Crippen LogP contribution is 2.25. The van der Waals surface area contributed by atoms with Gasteiger partial charge in [-0.1, -0.05) is 23.2 Å². The molecular weight excluding hydrogens is 209 g/mol. The van der Waals surface area contributed by atoms with Gasteiger partial charge in [-0.3, -0.25) is 0 Å². The molecule has 0 radical (unpaired) electrons. The molecule has 0 aromatic heterocycles. The fraction of sp³-hybridized carbons (Fsp3) is 0.333. The number of hydrogen-bond acceptors (Lipinski definition) is 2. The van der Waals surface area contributed by atoms with Gasteiger partial charge in [-0.2, -0.15) is 0 Å². The van der Waals surface area contributed by atoms with Gasteiger partial charge in [0.15, 0.2) is 0 Å². The minimum atomic E-state index is 0.398. The van der Waals surface area contributed by atoms with Gasteiger partial charge in [0, 0.05) is 23.7 Å². The molecule has 2 N–H and O–H groups in total. The summed E-state index contributed by atoms with van der Waals surface area (Å²) >= 11 is 11.8. The second-order valence-corrected chi connectivity index (χ2v) is 3.51. The van der Waals surface area contributed by atoms with Crippen LogP contribution in [0.25, 0.3) is 0 Å². The Morgan fingerprint density at radius 2 is 2.08 bits per heavy atom. The van der Waals surface area contributed by atoms with Crippen molar-refractivity contribution >= 4 is 23.2 Å². The zero-order valence-corrected chi connectivity index (χ0v) is 8.82. The minimum absolute atomic E-state index is 0.398. The highest BCUT2D eigenvalue weighted by atomic mass is 35.5. The molecule has 0 bridgehead atoms. The molecule has 1 aromatic carbocycles. The van der Waals surface area contributed by atoms with E-state index in [-0.39, 0.29) is 0 Å². The molecule has 1 aromatic rings. The lowest BCUT2D eigenvalue weighted by Gasteiger charge is -2.09. The van der Waals surface area contributed by atoms with Gasteiger partial charge in [0.05, 0.1) is 6.61 Å². The van der Waals surface area contributed by atoms with Gasteiger partial charge in [-0.25, -0.2) is 0 Å². The molecule has 0 atom stereocenters. The van der Waals surface area contributed by atoms with E-state index in [9.17, 15) is 0 Å². The third kappa shape index (κ3) is 2.58. The summed E-state index contributed by atoms with van der Waals surface area (Å²) in [5.74, 6) is 0. The molecule has 0 fully saturated rings. The van der Waals surface area contributed by atoms with Crippen LogP contribution in [0.5, 0.6) is 0 Å². The van der Waals surface area contributed by atoms with Crippen LogP contribution in [-0.4, -0.2) is 7.11 Å². The van der Waals surface area contributed by atoms with Crippen molar-refractivity contribution in [1.29, 1.82) is 0 Å². The third-order valence-corrected chi connectivity index (χ3v) is 2.31. The van der Waals surface area contributed by atoms with Gasteiger partial charge in [0.2, 0.25) is 0 Å². The summed E-state index contributed by atoms with van der Waals surface area (Å²) in [6, 6.07) is 3.50. The Hall–Kier alpha value is -0.280. The van der Waals surface area contributed by atoms with E-state index in [0.29, 0.717) is 23.2 Å². The summed E-state index contributed by atoms with van der Waals surface area (Å²) in [5.41, 5.74) is 7.39. The van der Waals surface area contributed by atoms with Crippen LogP contribution in [0, 0.1) is 0 Å². The number of hydrogen-bond donors (Lipinski definition) is 1. The smallest absolute Gasteiger partial charge is 0.0717 e. The normalized spacial score (nSPS) is 10.5. The first-order chi connectivity index (χ1) is 6.19. The molecule has 72 valence electrons. The summed E-state index contributed by atoms with van der Waals surface area (Å²) < 4.78 is 5.01. The van der Waals surface area contributed by atoms with Crippen molar-refractivity contribution in [3.05, 3.63) is 33.3 Å². The van der Waals surface area contributed by atoms with Crippen LogP contribution in [0.15, 0.2) is 12.1 Å². The minimum Gasteiger partial charge on any atom is -0.380 e. The maximum atomic E-state index is 5.95. The molecule has 0 spiro atoms. The van der Waals surface area contributed by atoms with Crippen LogP contribution in [0.2, 0.25) is 10.0 Å². The third-order valence-electron chi connectivity index (χ3n) is 1.76. The lowest BCUT2D eigenvalue weighted by atomic mass is 10.1. The van der Waals surface area contributed by atoms with Crippen molar-refractivity contribution in [3.63, 3.8) is 0 Å². The van der Waals surface area contributed by atoms with Crippen LogP contribution in [0.1, 0.15) is 11.1 Å². The Balaban J connectivity index is 3.13. The van der Waals surface area contributed by atoms with Crippen molar-refractivity contribution in [2.75, 3.05) is 7.11 Å². The van der Waals surface area contributed by atoms with E-state index < -0.39 is 0 Å².